The van der Waals surface area contributed by atoms with Crippen molar-refractivity contribution >= 4 is 16.9 Å². The molecule has 1 aliphatic carbocycles. The van der Waals surface area contributed by atoms with Gasteiger partial charge in [0, 0.05) is 37.3 Å². The van der Waals surface area contributed by atoms with E-state index in [9.17, 15) is 4.79 Å². The minimum absolute atomic E-state index is 0.145. The summed E-state index contributed by atoms with van der Waals surface area (Å²) in [6, 6.07) is 12.7. The van der Waals surface area contributed by atoms with Crippen LogP contribution < -0.4 is 0 Å². The van der Waals surface area contributed by atoms with Crippen molar-refractivity contribution in [3.63, 3.8) is 0 Å². The molecule has 0 spiro atoms. The van der Waals surface area contributed by atoms with E-state index in [4.69, 9.17) is 10.1 Å². The Balaban J connectivity index is 1.46. The number of amides is 1. The molecule has 0 radical (unpaired) electrons. The Morgan fingerprint density at radius 2 is 1.90 bits per heavy atom. The largest absolute Gasteiger partial charge is 0.336 e. The van der Waals surface area contributed by atoms with Crippen molar-refractivity contribution in [2.45, 2.75) is 44.6 Å². The zero-order valence-corrected chi connectivity index (χ0v) is 17.4. The van der Waals surface area contributed by atoms with E-state index in [2.05, 4.69) is 15.9 Å². The highest BCUT2D eigenvalue weighted by Crippen LogP contribution is 2.41. The number of piperazine rings is 1. The molecule has 3 aromatic rings. The molecule has 1 aromatic carbocycles. The van der Waals surface area contributed by atoms with Gasteiger partial charge in [0.05, 0.1) is 22.3 Å². The fourth-order valence-corrected chi connectivity index (χ4v) is 5.16. The molecule has 30 heavy (non-hydrogen) atoms. The molecule has 6 heteroatoms. The van der Waals surface area contributed by atoms with E-state index in [0.29, 0.717) is 12.0 Å². The lowest BCUT2D eigenvalue weighted by Gasteiger charge is -2.37. The van der Waals surface area contributed by atoms with Gasteiger partial charge in [-0.25, -0.2) is 9.67 Å². The van der Waals surface area contributed by atoms with Gasteiger partial charge in [0.25, 0.3) is 5.91 Å². The number of hydrogen-bond donors (Lipinski definition) is 0. The number of para-hydroxylation sites is 1. The Morgan fingerprint density at radius 1 is 1.07 bits per heavy atom. The van der Waals surface area contributed by atoms with Crippen LogP contribution in [0.25, 0.3) is 16.7 Å². The number of rotatable bonds is 3. The highest BCUT2D eigenvalue weighted by molar-refractivity contribution is 6.07. The summed E-state index contributed by atoms with van der Waals surface area (Å²) >= 11 is 0. The summed E-state index contributed by atoms with van der Waals surface area (Å²) in [5, 5.41) is 5.70. The van der Waals surface area contributed by atoms with Crippen molar-refractivity contribution in [1.82, 2.24) is 24.6 Å². The van der Waals surface area contributed by atoms with E-state index in [1.54, 1.807) is 0 Å². The van der Waals surface area contributed by atoms with Crippen LogP contribution in [0.1, 0.15) is 53.3 Å². The van der Waals surface area contributed by atoms with Crippen LogP contribution in [0.2, 0.25) is 0 Å². The second-order valence-corrected chi connectivity index (χ2v) is 8.98. The van der Waals surface area contributed by atoms with E-state index in [0.717, 1.165) is 66.1 Å². The van der Waals surface area contributed by atoms with Crippen molar-refractivity contribution in [1.29, 1.82) is 0 Å². The number of carbonyl (C=O) groups excluding carboxylic acids is 1. The molecule has 0 N–H and O–H groups in total. The molecule has 2 saturated heterocycles. The molecular formula is C24H27N5O. The molecule has 3 fully saturated rings. The number of benzene rings is 1. The SMILES string of the molecule is Cc1nn(-c2ccccc2)c2nc(C3CC3)cc(C(=O)N3CCN4CCC[C@H]4C3)c12. The van der Waals surface area contributed by atoms with Gasteiger partial charge in [0.15, 0.2) is 5.65 Å². The van der Waals surface area contributed by atoms with Gasteiger partial charge < -0.3 is 4.90 Å². The topological polar surface area (TPSA) is 54.3 Å². The molecule has 2 aliphatic heterocycles. The van der Waals surface area contributed by atoms with Crippen LogP contribution in [0.5, 0.6) is 0 Å². The summed E-state index contributed by atoms with van der Waals surface area (Å²) in [7, 11) is 0. The van der Waals surface area contributed by atoms with E-state index in [1.807, 2.05) is 41.9 Å². The van der Waals surface area contributed by atoms with Crippen molar-refractivity contribution < 1.29 is 4.79 Å². The summed E-state index contributed by atoms with van der Waals surface area (Å²) in [4.78, 5) is 23.3. The molecule has 3 aliphatic rings. The van der Waals surface area contributed by atoms with Crippen LogP contribution in [0.3, 0.4) is 0 Å². The average molecular weight is 402 g/mol. The maximum absolute atomic E-state index is 13.7. The second-order valence-electron chi connectivity index (χ2n) is 8.98. The molecule has 154 valence electrons. The predicted octanol–water partition coefficient (Wildman–Crippen LogP) is 3.53. The van der Waals surface area contributed by atoms with Crippen molar-refractivity contribution in [3.05, 3.63) is 53.3 Å². The molecule has 6 nitrogen and oxygen atoms in total. The van der Waals surface area contributed by atoms with Crippen LogP contribution in [-0.4, -0.2) is 62.7 Å². The van der Waals surface area contributed by atoms with Gasteiger partial charge >= 0.3 is 0 Å². The second kappa shape index (κ2) is 6.91. The van der Waals surface area contributed by atoms with Crippen LogP contribution in [0.15, 0.2) is 36.4 Å². The summed E-state index contributed by atoms with van der Waals surface area (Å²) in [5.41, 5.74) is 4.49. The van der Waals surface area contributed by atoms with Crippen LogP contribution in [0, 0.1) is 6.92 Å². The third kappa shape index (κ3) is 2.93. The lowest BCUT2D eigenvalue weighted by molar-refractivity contribution is 0.0573. The van der Waals surface area contributed by atoms with E-state index >= 15 is 0 Å². The summed E-state index contributed by atoms with van der Waals surface area (Å²) in [6.45, 7) is 5.81. The van der Waals surface area contributed by atoms with Gasteiger partial charge in [-0.2, -0.15) is 5.10 Å². The monoisotopic (exact) mass is 401 g/mol. The first-order chi connectivity index (χ1) is 14.7. The Kier molecular flexibility index (Phi) is 4.16. The summed E-state index contributed by atoms with van der Waals surface area (Å²) in [6.07, 6.45) is 4.77. The molecule has 1 atom stereocenters. The van der Waals surface area contributed by atoms with Gasteiger partial charge in [-0.15, -0.1) is 0 Å². The molecule has 2 aromatic heterocycles. The first-order valence-electron chi connectivity index (χ1n) is 11.2. The van der Waals surface area contributed by atoms with Crippen LogP contribution in [0.4, 0.5) is 0 Å². The Labute approximate surface area is 176 Å². The zero-order chi connectivity index (χ0) is 20.2. The number of hydrogen-bond acceptors (Lipinski definition) is 4. The number of aromatic nitrogens is 3. The molecule has 0 bridgehead atoms. The average Bonchev–Trinajstić information content (AvgIpc) is 3.44. The minimum Gasteiger partial charge on any atom is -0.336 e. The molecule has 6 rings (SSSR count). The number of aryl methyl sites for hydroxylation is 1. The van der Waals surface area contributed by atoms with Crippen molar-refractivity contribution in [2.75, 3.05) is 26.2 Å². The fourth-order valence-electron chi connectivity index (χ4n) is 5.16. The Hall–Kier alpha value is -2.73. The van der Waals surface area contributed by atoms with Crippen LogP contribution in [-0.2, 0) is 0 Å². The van der Waals surface area contributed by atoms with Gasteiger partial charge in [-0.3, -0.25) is 9.69 Å². The number of nitrogens with zero attached hydrogens (tertiary/aromatic N) is 5. The normalized spacial score (nSPS) is 21.9. The molecular weight excluding hydrogens is 374 g/mol. The highest BCUT2D eigenvalue weighted by atomic mass is 16.2. The van der Waals surface area contributed by atoms with E-state index in [1.165, 1.54) is 19.4 Å². The third-order valence-electron chi connectivity index (χ3n) is 6.93. The maximum Gasteiger partial charge on any atom is 0.254 e. The van der Waals surface area contributed by atoms with Gasteiger partial charge in [0.1, 0.15) is 0 Å². The fraction of sp³-hybridized carbons (Fsp3) is 0.458. The molecule has 1 amide bonds. The Morgan fingerprint density at radius 3 is 2.70 bits per heavy atom. The lowest BCUT2D eigenvalue weighted by atomic mass is 10.0. The molecule has 1 saturated carbocycles. The third-order valence-corrected chi connectivity index (χ3v) is 6.93. The molecule has 0 unspecified atom stereocenters. The number of pyridine rings is 1. The minimum atomic E-state index is 0.145. The van der Waals surface area contributed by atoms with Crippen LogP contribution >= 0.6 is 0 Å². The summed E-state index contributed by atoms with van der Waals surface area (Å²) < 4.78 is 1.90. The first-order valence-corrected chi connectivity index (χ1v) is 11.2. The first kappa shape index (κ1) is 18.1. The predicted molar refractivity (Wildman–Crippen MR) is 116 cm³/mol. The smallest absolute Gasteiger partial charge is 0.254 e. The van der Waals surface area contributed by atoms with E-state index < -0.39 is 0 Å². The zero-order valence-electron chi connectivity index (χ0n) is 17.4. The standard InChI is InChI=1S/C24H27N5O/c1-16-22-20(24(30)28-13-12-27-11-5-8-19(27)15-28)14-21(17-9-10-17)25-23(22)29(26-16)18-6-3-2-4-7-18/h2-4,6-7,14,17,19H,5,8-13,15H2,1H3/t19-/m0/s1. The molecule has 4 heterocycles. The summed E-state index contributed by atoms with van der Waals surface area (Å²) in [5.74, 6) is 0.624. The van der Waals surface area contributed by atoms with Gasteiger partial charge in [-0.05, 0) is 57.4 Å². The van der Waals surface area contributed by atoms with Gasteiger partial charge in [0.2, 0.25) is 0 Å². The quantitative estimate of drug-likeness (QED) is 0.674. The van der Waals surface area contributed by atoms with Crippen molar-refractivity contribution in [3.8, 4) is 5.69 Å². The van der Waals surface area contributed by atoms with E-state index in [-0.39, 0.29) is 5.91 Å². The number of fused-ring (bicyclic) bond motifs is 2. The number of carbonyl (C=O) groups is 1. The van der Waals surface area contributed by atoms with Crippen molar-refractivity contribution in [2.24, 2.45) is 0 Å². The lowest BCUT2D eigenvalue weighted by Crippen LogP contribution is -2.52. The van der Waals surface area contributed by atoms with Gasteiger partial charge in [-0.1, -0.05) is 18.2 Å². The maximum atomic E-state index is 13.7. The Bertz CT molecular complexity index is 1120. The highest BCUT2D eigenvalue weighted by Gasteiger charge is 2.35.